The van der Waals surface area contributed by atoms with Crippen LogP contribution in [0.4, 0.5) is 17.1 Å². The number of para-hydroxylation sites is 1. The van der Waals surface area contributed by atoms with Crippen molar-refractivity contribution in [2.75, 3.05) is 4.90 Å². The lowest BCUT2D eigenvalue weighted by molar-refractivity contribution is 0.660. The molecule has 0 heterocycles. The predicted molar refractivity (Wildman–Crippen MR) is 307 cm³/mol. The summed E-state index contributed by atoms with van der Waals surface area (Å²) in [7, 11) is 0. The average Bonchev–Trinajstić information content (AvgIpc) is 3.89. The number of rotatable bonds is 8. The fraction of sp³-hybridized carbons (Fsp3) is 0.0556. The first-order chi connectivity index (χ1) is 36.0. The van der Waals surface area contributed by atoms with Gasteiger partial charge < -0.3 is 4.90 Å². The molecule has 0 unspecified atom stereocenters. The zero-order valence-electron chi connectivity index (χ0n) is 40.9. The number of anilines is 3. The number of fused-ring (bicyclic) bond motifs is 9. The third-order valence-electron chi connectivity index (χ3n) is 16.1. The quantitative estimate of drug-likeness (QED) is 0.137. The Morgan fingerprint density at radius 3 is 1.49 bits per heavy atom. The predicted octanol–water partition coefficient (Wildman–Crippen LogP) is 19.1. The van der Waals surface area contributed by atoms with Gasteiger partial charge in [-0.3, -0.25) is 0 Å². The largest absolute Gasteiger partial charge is 0.310 e. The molecule has 12 aromatic carbocycles. The molecule has 0 spiro atoms. The first-order valence-corrected chi connectivity index (χ1v) is 25.6. The molecule has 0 saturated carbocycles. The molecule has 0 aliphatic heterocycles. The highest BCUT2D eigenvalue weighted by atomic mass is 15.1. The zero-order valence-corrected chi connectivity index (χ0v) is 40.9. The summed E-state index contributed by atoms with van der Waals surface area (Å²) < 4.78 is 0. The Bertz CT molecular complexity index is 4070. The lowest BCUT2D eigenvalue weighted by Crippen LogP contribution is -2.28. The number of benzene rings is 12. The summed E-state index contributed by atoms with van der Waals surface area (Å²) in [6, 6.07) is 102. The van der Waals surface area contributed by atoms with Gasteiger partial charge >= 0.3 is 0 Å². The van der Waals surface area contributed by atoms with Crippen LogP contribution in [0.3, 0.4) is 0 Å². The number of hydrogen-bond donors (Lipinski definition) is 0. The Labute approximate surface area is 428 Å². The lowest BCUT2D eigenvalue weighted by Gasteiger charge is -2.35. The first-order valence-electron chi connectivity index (χ1n) is 25.6. The van der Waals surface area contributed by atoms with Gasteiger partial charge in [-0.15, -0.1) is 0 Å². The van der Waals surface area contributed by atoms with Gasteiger partial charge in [0.2, 0.25) is 0 Å². The maximum atomic E-state index is 2.53. The molecule has 0 N–H and O–H groups in total. The van der Waals surface area contributed by atoms with Gasteiger partial charge in [0.1, 0.15) is 0 Å². The van der Waals surface area contributed by atoms with Gasteiger partial charge in [0.15, 0.2) is 0 Å². The molecule has 2 aliphatic carbocycles. The Morgan fingerprint density at radius 1 is 0.274 bits per heavy atom. The Morgan fingerprint density at radius 2 is 0.767 bits per heavy atom. The highest BCUT2D eigenvalue weighted by Gasteiger charge is 2.46. The maximum absolute atomic E-state index is 2.53. The summed E-state index contributed by atoms with van der Waals surface area (Å²) in [5, 5.41) is 5.12. The van der Waals surface area contributed by atoms with Gasteiger partial charge in [-0.05, 0) is 154 Å². The van der Waals surface area contributed by atoms with Crippen LogP contribution in [-0.4, -0.2) is 0 Å². The van der Waals surface area contributed by atoms with E-state index in [1.807, 2.05) is 0 Å². The molecule has 14 rings (SSSR count). The van der Waals surface area contributed by atoms with Crippen molar-refractivity contribution in [2.45, 2.75) is 24.7 Å². The molecule has 0 atom stereocenters. The van der Waals surface area contributed by atoms with Crippen LogP contribution in [0.2, 0.25) is 0 Å². The molecule has 344 valence electrons. The fourth-order valence-electron chi connectivity index (χ4n) is 12.7. The molecule has 0 saturated heterocycles. The minimum absolute atomic E-state index is 0.284. The highest BCUT2D eigenvalue weighted by Crippen LogP contribution is 2.58. The minimum Gasteiger partial charge on any atom is -0.310 e. The Balaban J connectivity index is 0.974. The normalized spacial score (nSPS) is 13.6. The summed E-state index contributed by atoms with van der Waals surface area (Å²) in [5.74, 6) is 0. The van der Waals surface area contributed by atoms with E-state index in [0.717, 1.165) is 22.6 Å². The second-order valence-corrected chi connectivity index (χ2v) is 20.4. The summed E-state index contributed by atoms with van der Waals surface area (Å²) in [6.45, 7) is 4.83. The second kappa shape index (κ2) is 16.8. The van der Waals surface area contributed by atoms with Crippen LogP contribution in [0, 0.1) is 0 Å². The summed E-state index contributed by atoms with van der Waals surface area (Å²) in [6.07, 6.45) is 0. The van der Waals surface area contributed by atoms with Crippen molar-refractivity contribution in [1.82, 2.24) is 0 Å². The van der Waals surface area contributed by atoms with Crippen molar-refractivity contribution in [3.05, 3.63) is 306 Å². The smallest absolute Gasteiger partial charge is 0.0714 e. The van der Waals surface area contributed by atoms with Gasteiger partial charge in [-0.1, -0.05) is 238 Å². The molecule has 12 aromatic rings. The van der Waals surface area contributed by atoms with Crippen LogP contribution in [0.15, 0.2) is 273 Å². The van der Waals surface area contributed by atoms with E-state index in [2.05, 4.69) is 292 Å². The Kier molecular flexibility index (Phi) is 9.85. The van der Waals surface area contributed by atoms with E-state index < -0.39 is 5.41 Å². The lowest BCUT2D eigenvalue weighted by atomic mass is 9.67. The SMILES string of the molecule is CC1(C)c2cc(-c3cc4ccccc4c4ccccc34)ccc2-c2ccc(N(c3ccc4c(c3)C(c3ccccc3)(c3ccccc3)c3ccccc3-4)c3ccccc3-c3cccc(-c4ccccc4)c3)cc21. The number of hydrogen-bond acceptors (Lipinski definition) is 1. The fourth-order valence-corrected chi connectivity index (χ4v) is 12.7. The Hall–Kier alpha value is -9.04. The molecule has 73 heavy (non-hydrogen) atoms. The number of nitrogens with zero attached hydrogens (tertiary/aromatic N) is 1. The van der Waals surface area contributed by atoms with Crippen molar-refractivity contribution in [1.29, 1.82) is 0 Å². The molecule has 0 radical (unpaired) electrons. The van der Waals surface area contributed by atoms with Crippen LogP contribution < -0.4 is 4.90 Å². The molecule has 2 aliphatic rings. The van der Waals surface area contributed by atoms with Gasteiger partial charge in [-0.25, -0.2) is 0 Å². The van der Waals surface area contributed by atoms with Gasteiger partial charge in [0, 0.05) is 22.4 Å². The van der Waals surface area contributed by atoms with Gasteiger partial charge in [0.25, 0.3) is 0 Å². The van der Waals surface area contributed by atoms with Crippen LogP contribution in [0.1, 0.15) is 47.2 Å². The molecule has 0 aromatic heterocycles. The molecular weight excluding hydrogens is 879 g/mol. The van der Waals surface area contributed by atoms with E-state index in [9.17, 15) is 0 Å². The molecule has 0 fully saturated rings. The summed E-state index contributed by atoms with van der Waals surface area (Å²) >= 11 is 0. The third-order valence-corrected chi connectivity index (χ3v) is 16.1. The molecule has 1 nitrogen and oxygen atoms in total. The van der Waals surface area contributed by atoms with E-state index in [1.54, 1.807) is 0 Å². The third kappa shape index (κ3) is 6.62. The highest BCUT2D eigenvalue weighted by molar-refractivity contribution is 6.14. The van der Waals surface area contributed by atoms with Crippen molar-refractivity contribution in [3.8, 4) is 55.6 Å². The van der Waals surface area contributed by atoms with E-state index in [4.69, 9.17) is 0 Å². The van der Waals surface area contributed by atoms with Crippen LogP contribution in [-0.2, 0) is 10.8 Å². The molecule has 0 amide bonds. The second-order valence-electron chi connectivity index (χ2n) is 20.4. The van der Waals surface area contributed by atoms with Crippen LogP contribution in [0.5, 0.6) is 0 Å². The van der Waals surface area contributed by atoms with Crippen molar-refractivity contribution in [2.24, 2.45) is 0 Å². The van der Waals surface area contributed by atoms with Crippen molar-refractivity contribution in [3.63, 3.8) is 0 Å². The molecule has 1 heteroatoms. The van der Waals surface area contributed by atoms with E-state index in [1.165, 1.54) is 105 Å². The topological polar surface area (TPSA) is 3.24 Å². The maximum Gasteiger partial charge on any atom is 0.0714 e. The van der Waals surface area contributed by atoms with Crippen molar-refractivity contribution >= 4 is 38.6 Å². The standard InChI is InChI=1S/C72H51N/c1-71(2)67-45-52(65-44-51-23-12-13-30-57(51)59-32-14-15-33-60(59)65)37-40-62(67)63-41-38-55(46-68(63)71)73(70-36-19-17-31-58(70)50-25-20-24-49(43-50)48-21-6-3-7-22-48)56-39-42-64-61-34-16-18-35-66(61)72(69(64)47-56,53-26-8-4-9-27-53)54-28-10-5-11-29-54/h3-47H,1-2H3. The first kappa shape index (κ1) is 42.8. The van der Waals surface area contributed by atoms with Crippen LogP contribution in [0.25, 0.3) is 77.2 Å². The van der Waals surface area contributed by atoms with E-state index >= 15 is 0 Å². The van der Waals surface area contributed by atoms with Crippen molar-refractivity contribution < 1.29 is 0 Å². The zero-order chi connectivity index (χ0) is 48.7. The summed E-state index contributed by atoms with van der Waals surface area (Å²) in [4.78, 5) is 2.53. The van der Waals surface area contributed by atoms with Gasteiger partial charge in [-0.2, -0.15) is 0 Å². The van der Waals surface area contributed by atoms with E-state index in [0.29, 0.717) is 0 Å². The van der Waals surface area contributed by atoms with Gasteiger partial charge in [0.05, 0.1) is 11.1 Å². The monoisotopic (exact) mass is 929 g/mol. The molecular formula is C72H51N. The average molecular weight is 930 g/mol. The minimum atomic E-state index is -0.546. The summed E-state index contributed by atoms with van der Waals surface area (Å²) in [5.41, 5.74) is 22.6. The van der Waals surface area contributed by atoms with E-state index in [-0.39, 0.29) is 5.41 Å². The molecule has 0 bridgehead atoms. The van der Waals surface area contributed by atoms with Crippen LogP contribution >= 0.6 is 0 Å².